The van der Waals surface area contributed by atoms with Crippen LogP contribution in [0, 0.1) is 28.5 Å². The van der Waals surface area contributed by atoms with E-state index in [-0.39, 0.29) is 13.2 Å². The van der Waals surface area contributed by atoms with E-state index in [9.17, 15) is 32.4 Å². The van der Waals surface area contributed by atoms with E-state index in [0.717, 1.165) is 6.07 Å². The number of hydrogen-bond donors (Lipinski definition) is 0. The standard InChI is InChI=1S/C18H14F4N2O5/c1-3-28-17(25)13-9(19)5-7-11(15(13)21)23-24(27)12-8-6-10(20)14(16(12)22)18(26)29-4-2/h5-8H,3-4H2,1-2H3. The van der Waals surface area contributed by atoms with Crippen molar-refractivity contribution in [2.45, 2.75) is 13.8 Å². The highest BCUT2D eigenvalue weighted by molar-refractivity contribution is 5.91. The van der Waals surface area contributed by atoms with E-state index in [2.05, 4.69) is 14.6 Å². The molecule has 11 heteroatoms. The first-order valence-corrected chi connectivity index (χ1v) is 8.22. The maximum atomic E-state index is 14.5. The Morgan fingerprint density at radius 1 is 0.897 bits per heavy atom. The van der Waals surface area contributed by atoms with Gasteiger partial charge in [0.05, 0.1) is 13.2 Å². The van der Waals surface area contributed by atoms with Crippen molar-refractivity contribution in [2.24, 2.45) is 5.11 Å². The molecule has 2 rings (SSSR count). The van der Waals surface area contributed by atoms with Gasteiger partial charge in [0, 0.05) is 11.2 Å². The third kappa shape index (κ3) is 4.50. The molecule has 0 spiro atoms. The molecule has 0 aliphatic rings. The summed E-state index contributed by atoms with van der Waals surface area (Å²) in [5.41, 5.74) is -3.97. The SMILES string of the molecule is CCOC(=O)c1c(F)ccc(N=[N+]([O-])c2ccc(F)c(C(=O)OCC)c2F)c1F. The van der Waals surface area contributed by atoms with Gasteiger partial charge >= 0.3 is 11.9 Å². The summed E-state index contributed by atoms with van der Waals surface area (Å²) in [5, 5.41) is 15.4. The lowest BCUT2D eigenvalue weighted by molar-refractivity contribution is -0.438. The van der Waals surface area contributed by atoms with Crippen LogP contribution in [0.5, 0.6) is 0 Å². The number of ether oxygens (including phenoxy) is 2. The maximum absolute atomic E-state index is 14.5. The van der Waals surface area contributed by atoms with Crippen LogP contribution in [-0.4, -0.2) is 30.0 Å². The molecule has 0 amide bonds. The minimum Gasteiger partial charge on any atom is -0.594 e. The number of carbonyl (C=O) groups excluding carboxylic acids is 2. The number of carbonyl (C=O) groups is 2. The Labute approximate surface area is 161 Å². The lowest BCUT2D eigenvalue weighted by Gasteiger charge is -2.08. The Morgan fingerprint density at radius 3 is 1.90 bits per heavy atom. The first-order valence-electron chi connectivity index (χ1n) is 8.22. The van der Waals surface area contributed by atoms with E-state index in [1.54, 1.807) is 0 Å². The summed E-state index contributed by atoms with van der Waals surface area (Å²) in [7, 11) is 0. The van der Waals surface area contributed by atoms with Crippen molar-refractivity contribution >= 4 is 23.3 Å². The predicted octanol–water partition coefficient (Wildman–Crippen LogP) is 4.52. The van der Waals surface area contributed by atoms with Gasteiger partial charge in [0.1, 0.15) is 22.8 Å². The molecule has 0 saturated carbocycles. The number of hydrogen-bond acceptors (Lipinski definition) is 6. The van der Waals surface area contributed by atoms with Gasteiger partial charge in [-0.15, -0.1) is 0 Å². The highest BCUT2D eigenvalue weighted by Gasteiger charge is 2.28. The lowest BCUT2D eigenvalue weighted by atomic mass is 10.1. The van der Waals surface area contributed by atoms with Gasteiger partial charge in [-0.2, -0.15) is 4.39 Å². The summed E-state index contributed by atoms with van der Waals surface area (Å²) in [4.78, 5) is 22.9. The topological polar surface area (TPSA) is 91.0 Å². The molecule has 0 unspecified atom stereocenters. The molecule has 0 aromatic heterocycles. The number of azo groups is 1. The second-order valence-electron chi connectivity index (χ2n) is 5.32. The smallest absolute Gasteiger partial charge is 0.344 e. The van der Waals surface area contributed by atoms with Gasteiger partial charge in [0.25, 0.3) is 5.69 Å². The second kappa shape index (κ2) is 9.13. The summed E-state index contributed by atoms with van der Waals surface area (Å²) >= 11 is 0. The average Bonchev–Trinajstić information content (AvgIpc) is 2.64. The van der Waals surface area contributed by atoms with Crippen molar-refractivity contribution in [3.05, 3.63) is 63.9 Å². The minimum atomic E-state index is -1.59. The van der Waals surface area contributed by atoms with Crippen LogP contribution >= 0.6 is 0 Å². The molecule has 0 fully saturated rings. The molecular weight excluding hydrogens is 400 g/mol. The van der Waals surface area contributed by atoms with E-state index < -0.39 is 62.6 Å². The summed E-state index contributed by atoms with van der Waals surface area (Å²) in [5.74, 6) is -8.32. The van der Waals surface area contributed by atoms with Gasteiger partial charge in [0.15, 0.2) is 11.5 Å². The van der Waals surface area contributed by atoms with Crippen molar-refractivity contribution in [2.75, 3.05) is 13.2 Å². The number of rotatable bonds is 6. The Balaban J connectivity index is 2.55. The molecule has 0 radical (unpaired) electrons. The van der Waals surface area contributed by atoms with Gasteiger partial charge in [-0.3, -0.25) is 0 Å². The summed E-state index contributed by atoms with van der Waals surface area (Å²) in [6, 6.07) is 2.67. The Hall–Kier alpha value is -3.50. The minimum absolute atomic E-state index is 0.163. The largest absolute Gasteiger partial charge is 0.594 e. The third-order valence-electron chi connectivity index (χ3n) is 3.51. The van der Waals surface area contributed by atoms with Crippen LogP contribution < -0.4 is 0 Å². The highest BCUT2D eigenvalue weighted by atomic mass is 19.1. The molecule has 0 bridgehead atoms. The van der Waals surface area contributed by atoms with Crippen molar-refractivity contribution in [3.8, 4) is 0 Å². The first kappa shape index (κ1) is 21.8. The lowest BCUT2D eigenvalue weighted by Crippen LogP contribution is -2.12. The highest BCUT2D eigenvalue weighted by Crippen LogP contribution is 2.29. The van der Waals surface area contributed by atoms with Crippen molar-refractivity contribution in [3.63, 3.8) is 0 Å². The van der Waals surface area contributed by atoms with Crippen LogP contribution in [0.1, 0.15) is 34.6 Å². The fourth-order valence-electron chi connectivity index (χ4n) is 2.24. The zero-order valence-electron chi connectivity index (χ0n) is 15.2. The van der Waals surface area contributed by atoms with Gasteiger partial charge in [-0.1, -0.05) is 0 Å². The molecule has 0 aliphatic carbocycles. The molecule has 0 atom stereocenters. The first-order chi connectivity index (χ1) is 13.7. The van der Waals surface area contributed by atoms with Crippen LogP contribution in [0.3, 0.4) is 0 Å². The summed E-state index contributed by atoms with van der Waals surface area (Å²) < 4.78 is 65.5. The van der Waals surface area contributed by atoms with E-state index in [1.807, 2.05) is 0 Å². The average molecular weight is 414 g/mol. The van der Waals surface area contributed by atoms with Crippen LogP contribution in [0.15, 0.2) is 29.4 Å². The molecule has 7 nitrogen and oxygen atoms in total. The summed E-state index contributed by atoms with van der Waals surface area (Å²) in [6.07, 6.45) is 0. The fourth-order valence-corrected chi connectivity index (χ4v) is 2.24. The molecule has 2 aromatic rings. The van der Waals surface area contributed by atoms with E-state index in [0.29, 0.717) is 18.2 Å². The van der Waals surface area contributed by atoms with Crippen molar-refractivity contribution in [1.82, 2.24) is 0 Å². The number of nitrogens with zero attached hydrogens (tertiary/aromatic N) is 2. The van der Waals surface area contributed by atoms with E-state index in [1.165, 1.54) is 13.8 Å². The molecule has 154 valence electrons. The van der Waals surface area contributed by atoms with E-state index in [4.69, 9.17) is 0 Å². The van der Waals surface area contributed by atoms with E-state index >= 15 is 0 Å². The molecule has 2 aromatic carbocycles. The third-order valence-corrected chi connectivity index (χ3v) is 3.51. The number of esters is 2. The van der Waals surface area contributed by atoms with Crippen LogP contribution in [0.25, 0.3) is 0 Å². The van der Waals surface area contributed by atoms with Gasteiger partial charge < -0.3 is 14.7 Å². The zero-order valence-corrected chi connectivity index (χ0v) is 15.2. The van der Waals surface area contributed by atoms with Crippen LogP contribution in [-0.2, 0) is 9.47 Å². The normalized spacial score (nSPS) is 11.3. The fraction of sp³-hybridized carbons (Fsp3) is 0.222. The number of halogens is 4. The second-order valence-corrected chi connectivity index (χ2v) is 5.32. The number of benzene rings is 2. The maximum Gasteiger partial charge on any atom is 0.344 e. The van der Waals surface area contributed by atoms with Crippen molar-refractivity contribution < 1.29 is 41.5 Å². The molecule has 0 saturated heterocycles. The van der Waals surface area contributed by atoms with Crippen LogP contribution in [0.2, 0.25) is 0 Å². The van der Waals surface area contributed by atoms with Gasteiger partial charge in [0.2, 0.25) is 5.82 Å². The summed E-state index contributed by atoms with van der Waals surface area (Å²) in [6.45, 7) is 2.49. The quantitative estimate of drug-likeness (QED) is 0.228. The Bertz CT molecular complexity index is 995. The van der Waals surface area contributed by atoms with Gasteiger partial charge in [-0.25, -0.2) is 22.8 Å². The monoisotopic (exact) mass is 414 g/mol. The molecule has 0 aliphatic heterocycles. The zero-order chi connectivity index (χ0) is 21.7. The van der Waals surface area contributed by atoms with Gasteiger partial charge in [-0.05, 0) is 36.9 Å². The predicted molar refractivity (Wildman–Crippen MR) is 90.0 cm³/mol. The van der Waals surface area contributed by atoms with Crippen LogP contribution in [0.4, 0.5) is 28.9 Å². The molecule has 29 heavy (non-hydrogen) atoms. The Kier molecular flexibility index (Phi) is 6.86. The van der Waals surface area contributed by atoms with Crippen molar-refractivity contribution in [1.29, 1.82) is 0 Å². The molecule has 0 N–H and O–H groups in total. The molecular formula is C18H14F4N2O5. The molecule has 0 heterocycles. The Morgan fingerprint density at radius 2 is 1.38 bits per heavy atom.